The number of carbonyl (C=O) groups is 1. The highest BCUT2D eigenvalue weighted by Gasteiger charge is 2.16. The molecule has 0 saturated carbocycles. The molecule has 1 aliphatic rings. The van der Waals surface area contributed by atoms with Crippen LogP contribution in [0.15, 0.2) is 54.7 Å². The summed E-state index contributed by atoms with van der Waals surface area (Å²) in [6.07, 6.45) is 4.12. The second-order valence-corrected chi connectivity index (χ2v) is 6.17. The smallest absolute Gasteiger partial charge is 0.323 e. The molecule has 3 aromatic rings. The van der Waals surface area contributed by atoms with Crippen LogP contribution in [0.2, 0.25) is 0 Å². The third-order valence-electron chi connectivity index (χ3n) is 4.51. The van der Waals surface area contributed by atoms with Gasteiger partial charge in [-0.3, -0.25) is 0 Å². The van der Waals surface area contributed by atoms with Gasteiger partial charge in [-0.05, 0) is 36.2 Å². The van der Waals surface area contributed by atoms with Gasteiger partial charge in [0.25, 0.3) is 0 Å². The van der Waals surface area contributed by atoms with Crippen molar-refractivity contribution in [3.05, 3.63) is 60.6 Å². The normalized spacial score (nSPS) is 12.5. The maximum Gasteiger partial charge on any atom is 0.323 e. The van der Waals surface area contributed by atoms with Crippen LogP contribution < -0.4 is 15.4 Å². The minimum Gasteiger partial charge on any atom is -0.495 e. The number of fused-ring (bicyclic) bond motifs is 1. The van der Waals surface area contributed by atoms with Crippen molar-refractivity contribution in [2.75, 3.05) is 17.7 Å². The average Bonchev–Trinajstić information content (AvgIpc) is 3.26. The predicted molar refractivity (Wildman–Crippen MR) is 102 cm³/mol. The van der Waals surface area contributed by atoms with Crippen LogP contribution in [0.3, 0.4) is 0 Å². The van der Waals surface area contributed by atoms with Crippen LogP contribution in [0.5, 0.6) is 5.75 Å². The minimum atomic E-state index is -0.313. The Balaban J connectivity index is 1.45. The molecule has 2 heterocycles. The summed E-state index contributed by atoms with van der Waals surface area (Å²) in [7, 11) is 1.57. The SMILES string of the molecule is COc1ccccc1NC(=O)Nc1ccc(-c2cnc3n2CCC3)cc1. The standard InChI is InChI=1S/C20H20N4O2/c1-26-18-6-3-2-5-16(18)23-20(25)22-15-10-8-14(9-11-15)17-13-21-19-7-4-12-24(17)19/h2-3,5-6,8-11,13H,4,7,12H2,1H3,(H2,22,23,25). The van der Waals surface area contributed by atoms with E-state index in [-0.39, 0.29) is 6.03 Å². The van der Waals surface area contributed by atoms with Gasteiger partial charge in [-0.15, -0.1) is 0 Å². The van der Waals surface area contributed by atoms with Crippen LogP contribution >= 0.6 is 0 Å². The minimum absolute atomic E-state index is 0.313. The molecule has 26 heavy (non-hydrogen) atoms. The summed E-state index contributed by atoms with van der Waals surface area (Å²) in [4.78, 5) is 16.7. The van der Waals surface area contributed by atoms with Gasteiger partial charge >= 0.3 is 6.03 Å². The molecule has 6 nitrogen and oxygen atoms in total. The number of para-hydroxylation sites is 2. The first-order valence-corrected chi connectivity index (χ1v) is 8.60. The number of urea groups is 1. The summed E-state index contributed by atoms with van der Waals surface area (Å²) >= 11 is 0. The number of hydrogen-bond acceptors (Lipinski definition) is 3. The van der Waals surface area contributed by atoms with Crippen LogP contribution in [0.1, 0.15) is 12.2 Å². The molecule has 0 unspecified atom stereocenters. The van der Waals surface area contributed by atoms with E-state index in [0.717, 1.165) is 42.2 Å². The lowest BCUT2D eigenvalue weighted by Crippen LogP contribution is -2.19. The second kappa shape index (κ2) is 6.92. The topological polar surface area (TPSA) is 68.2 Å². The van der Waals surface area contributed by atoms with Gasteiger partial charge in [0.05, 0.1) is 24.7 Å². The Bertz CT molecular complexity index is 931. The summed E-state index contributed by atoms with van der Waals surface area (Å²) < 4.78 is 7.50. The molecule has 1 aliphatic heterocycles. The largest absolute Gasteiger partial charge is 0.495 e. The average molecular weight is 348 g/mol. The Morgan fingerprint density at radius 2 is 1.92 bits per heavy atom. The van der Waals surface area contributed by atoms with E-state index in [1.165, 1.54) is 0 Å². The molecular weight excluding hydrogens is 328 g/mol. The fraction of sp³-hybridized carbons (Fsp3) is 0.200. The number of benzene rings is 2. The summed E-state index contributed by atoms with van der Waals surface area (Å²) in [6.45, 7) is 1.02. The van der Waals surface area contributed by atoms with Crippen LogP contribution in [-0.4, -0.2) is 22.7 Å². The number of aromatic nitrogens is 2. The zero-order valence-corrected chi connectivity index (χ0v) is 14.5. The molecule has 4 rings (SSSR count). The Morgan fingerprint density at radius 3 is 2.73 bits per heavy atom. The number of aryl methyl sites for hydroxylation is 1. The first-order valence-electron chi connectivity index (χ1n) is 8.60. The molecule has 0 bridgehead atoms. The van der Waals surface area contributed by atoms with Gasteiger partial charge in [0, 0.05) is 18.7 Å². The van der Waals surface area contributed by atoms with E-state index in [0.29, 0.717) is 11.4 Å². The molecule has 0 aliphatic carbocycles. The first-order chi connectivity index (χ1) is 12.7. The molecule has 2 aromatic carbocycles. The van der Waals surface area contributed by atoms with E-state index in [4.69, 9.17) is 4.74 Å². The van der Waals surface area contributed by atoms with E-state index < -0.39 is 0 Å². The number of ether oxygens (including phenoxy) is 1. The molecule has 132 valence electrons. The van der Waals surface area contributed by atoms with Gasteiger partial charge in [-0.2, -0.15) is 0 Å². The lowest BCUT2D eigenvalue weighted by atomic mass is 10.1. The number of methoxy groups -OCH3 is 1. The number of imidazole rings is 1. The van der Waals surface area contributed by atoms with Crippen LogP contribution in [0, 0.1) is 0 Å². The predicted octanol–water partition coefficient (Wildman–Crippen LogP) is 4.15. The maximum atomic E-state index is 12.2. The van der Waals surface area contributed by atoms with Crippen molar-refractivity contribution >= 4 is 17.4 Å². The van der Waals surface area contributed by atoms with Crippen molar-refractivity contribution in [2.45, 2.75) is 19.4 Å². The Hall–Kier alpha value is -3.28. The van der Waals surface area contributed by atoms with Gasteiger partial charge in [0.15, 0.2) is 0 Å². The number of rotatable bonds is 4. The van der Waals surface area contributed by atoms with E-state index in [1.807, 2.05) is 42.6 Å². The molecule has 6 heteroatoms. The maximum absolute atomic E-state index is 12.2. The quantitative estimate of drug-likeness (QED) is 0.744. The van der Waals surface area contributed by atoms with Gasteiger partial charge in [0.2, 0.25) is 0 Å². The first kappa shape index (κ1) is 16.2. The van der Waals surface area contributed by atoms with E-state index in [2.05, 4.69) is 20.2 Å². The fourth-order valence-electron chi connectivity index (χ4n) is 3.25. The van der Waals surface area contributed by atoms with Gasteiger partial charge < -0.3 is 19.9 Å². The molecule has 1 aromatic heterocycles. The van der Waals surface area contributed by atoms with Crippen molar-refractivity contribution in [2.24, 2.45) is 0 Å². The Kier molecular flexibility index (Phi) is 4.31. The number of carbonyl (C=O) groups excluding carboxylic acids is 1. The van der Waals surface area contributed by atoms with Gasteiger partial charge in [0.1, 0.15) is 11.6 Å². The van der Waals surface area contributed by atoms with Gasteiger partial charge in [-0.1, -0.05) is 24.3 Å². The molecule has 0 saturated heterocycles. The Morgan fingerprint density at radius 1 is 1.12 bits per heavy atom. The monoisotopic (exact) mass is 348 g/mol. The van der Waals surface area contributed by atoms with Gasteiger partial charge in [-0.25, -0.2) is 9.78 Å². The number of nitrogens with one attached hydrogen (secondary N) is 2. The molecule has 0 atom stereocenters. The highest BCUT2D eigenvalue weighted by Crippen LogP contribution is 2.27. The number of hydrogen-bond donors (Lipinski definition) is 2. The van der Waals surface area contributed by atoms with Crippen LogP contribution in [0.4, 0.5) is 16.2 Å². The Labute approximate surface area is 151 Å². The summed E-state index contributed by atoms with van der Waals surface area (Å²) in [5.41, 5.74) is 3.57. The highest BCUT2D eigenvalue weighted by atomic mass is 16.5. The fourth-order valence-corrected chi connectivity index (χ4v) is 3.25. The molecule has 2 N–H and O–H groups in total. The van der Waals surface area contributed by atoms with Crippen molar-refractivity contribution in [1.82, 2.24) is 9.55 Å². The second-order valence-electron chi connectivity index (χ2n) is 6.17. The van der Waals surface area contributed by atoms with E-state index >= 15 is 0 Å². The molecular formula is C20H20N4O2. The zero-order valence-electron chi connectivity index (χ0n) is 14.5. The van der Waals surface area contributed by atoms with Crippen LogP contribution in [-0.2, 0) is 13.0 Å². The molecule has 0 spiro atoms. The summed E-state index contributed by atoms with van der Waals surface area (Å²) in [5, 5.41) is 5.64. The third-order valence-corrected chi connectivity index (χ3v) is 4.51. The molecule has 0 fully saturated rings. The number of nitrogens with zero attached hydrogens (tertiary/aromatic N) is 2. The van der Waals surface area contributed by atoms with Crippen molar-refractivity contribution in [1.29, 1.82) is 0 Å². The summed E-state index contributed by atoms with van der Waals surface area (Å²) in [6, 6.07) is 14.8. The van der Waals surface area contributed by atoms with Crippen molar-refractivity contribution in [3.63, 3.8) is 0 Å². The van der Waals surface area contributed by atoms with Crippen LogP contribution in [0.25, 0.3) is 11.3 Å². The summed E-state index contributed by atoms with van der Waals surface area (Å²) in [5.74, 6) is 1.77. The lowest BCUT2D eigenvalue weighted by Gasteiger charge is -2.11. The third kappa shape index (κ3) is 3.13. The highest BCUT2D eigenvalue weighted by molar-refractivity contribution is 6.00. The van der Waals surface area contributed by atoms with E-state index in [9.17, 15) is 4.79 Å². The number of amides is 2. The number of anilines is 2. The van der Waals surface area contributed by atoms with E-state index in [1.54, 1.807) is 19.2 Å². The van der Waals surface area contributed by atoms with Crippen molar-refractivity contribution < 1.29 is 9.53 Å². The van der Waals surface area contributed by atoms with Crippen molar-refractivity contribution in [3.8, 4) is 17.0 Å². The lowest BCUT2D eigenvalue weighted by molar-refractivity contribution is 0.262. The molecule has 0 radical (unpaired) electrons. The zero-order chi connectivity index (χ0) is 17.9. The molecule has 2 amide bonds.